The van der Waals surface area contributed by atoms with Crippen LogP contribution in [0.4, 0.5) is 0 Å². The first-order valence-corrected chi connectivity index (χ1v) is 5.10. The van der Waals surface area contributed by atoms with Crippen molar-refractivity contribution in [1.29, 1.82) is 0 Å². The summed E-state index contributed by atoms with van der Waals surface area (Å²) in [5, 5.41) is 9.38. The highest BCUT2D eigenvalue weighted by Crippen LogP contribution is 2.34. The minimum absolute atomic E-state index is 0.0328. The third-order valence-electron chi connectivity index (χ3n) is 2.60. The summed E-state index contributed by atoms with van der Waals surface area (Å²) in [7, 11) is 1.59. The number of aromatic nitrogens is 1. The SMILES string of the molecule is COc1ccc([C@@H](CO)C(C)(C)C)cn1. The lowest BCUT2D eigenvalue weighted by molar-refractivity contribution is 0.186. The molecule has 1 heterocycles. The van der Waals surface area contributed by atoms with E-state index < -0.39 is 0 Å². The van der Waals surface area contributed by atoms with Gasteiger partial charge < -0.3 is 9.84 Å². The van der Waals surface area contributed by atoms with E-state index in [9.17, 15) is 5.11 Å². The topological polar surface area (TPSA) is 42.4 Å². The second kappa shape index (κ2) is 4.62. The first-order chi connectivity index (χ1) is 6.99. The van der Waals surface area contributed by atoms with Gasteiger partial charge in [0.15, 0.2) is 0 Å². The van der Waals surface area contributed by atoms with Crippen LogP contribution in [0.2, 0.25) is 0 Å². The third-order valence-corrected chi connectivity index (χ3v) is 2.60. The molecule has 3 heteroatoms. The number of aliphatic hydroxyl groups excluding tert-OH is 1. The van der Waals surface area contributed by atoms with Gasteiger partial charge in [-0.2, -0.15) is 0 Å². The van der Waals surface area contributed by atoms with Crippen molar-refractivity contribution in [3.63, 3.8) is 0 Å². The van der Waals surface area contributed by atoms with Gasteiger partial charge in [0.1, 0.15) is 0 Å². The fourth-order valence-electron chi connectivity index (χ4n) is 1.60. The normalized spacial score (nSPS) is 13.7. The predicted octanol–water partition coefficient (Wildman–Crippen LogP) is 2.21. The Balaban J connectivity index is 2.93. The van der Waals surface area contributed by atoms with E-state index in [2.05, 4.69) is 25.8 Å². The molecular formula is C12H19NO2. The monoisotopic (exact) mass is 209 g/mol. The molecule has 0 saturated carbocycles. The Morgan fingerprint density at radius 3 is 2.40 bits per heavy atom. The molecule has 0 bridgehead atoms. The number of hydrogen-bond donors (Lipinski definition) is 1. The van der Waals surface area contributed by atoms with Crippen LogP contribution in [-0.4, -0.2) is 23.8 Å². The maximum atomic E-state index is 9.38. The summed E-state index contributed by atoms with van der Waals surface area (Å²) in [5.41, 5.74) is 1.08. The van der Waals surface area contributed by atoms with Crippen LogP contribution < -0.4 is 4.74 Å². The minimum Gasteiger partial charge on any atom is -0.481 e. The average molecular weight is 209 g/mol. The molecule has 1 aromatic heterocycles. The highest BCUT2D eigenvalue weighted by molar-refractivity contribution is 5.22. The highest BCUT2D eigenvalue weighted by Gasteiger charge is 2.25. The summed E-state index contributed by atoms with van der Waals surface area (Å²) in [6.45, 7) is 6.46. The molecule has 3 nitrogen and oxygen atoms in total. The fraction of sp³-hybridized carbons (Fsp3) is 0.583. The van der Waals surface area contributed by atoms with Gasteiger partial charge in [-0.25, -0.2) is 4.98 Å². The molecule has 0 unspecified atom stereocenters. The molecule has 15 heavy (non-hydrogen) atoms. The van der Waals surface area contributed by atoms with Crippen LogP contribution in [-0.2, 0) is 0 Å². The predicted molar refractivity (Wildman–Crippen MR) is 60.1 cm³/mol. The van der Waals surface area contributed by atoms with Crippen LogP contribution in [0.25, 0.3) is 0 Å². The fourth-order valence-corrected chi connectivity index (χ4v) is 1.60. The van der Waals surface area contributed by atoms with Crippen molar-refractivity contribution in [2.75, 3.05) is 13.7 Å². The van der Waals surface area contributed by atoms with E-state index in [1.807, 2.05) is 12.1 Å². The van der Waals surface area contributed by atoms with Gasteiger partial charge in [0, 0.05) is 18.2 Å². The highest BCUT2D eigenvalue weighted by atomic mass is 16.5. The molecule has 0 aliphatic carbocycles. The first-order valence-electron chi connectivity index (χ1n) is 5.10. The quantitative estimate of drug-likeness (QED) is 0.830. The number of ether oxygens (including phenoxy) is 1. The molecule has 0 amide bonds. The standard InChI is InChI=1S/C12H19NO2/c1-12(2,3)10(8-14)9-5-6-11(15-4)13-7-9/h5-7,10,14H,8H2,1-4H3/t10-/m1/s1. The molecule has 0 fully saturated rings. The second-order valence-electron chi connectivity index (χ2n) is 4.74. The van der Waals surface area contributed by atoms with Gasteiger partial charge in [-0.05, 0) is 11.0 Å². The lowest BCUT2D eigenvalue weighted by Crippen LogP contribution is -2.21. The van der Waals surface area contributed by atoms with Gasteiger partial charge in [-0.15, -0.1) is 0 Å². The lowest BCUT2D eigenvalue weighted by Gasteiger charge is -2.29. The number of methoxy groups -OCH3 is 1. The van der Waals surface area contributed by atoms with Crippen molar-refractivity contribution < 1.29 is 9.84 Å². The number of rotatable bonds is 3. The Bertz CT molecular complexity index is 300. The van der Waals surface area contributed by atoms with E-state index in [1.165, 1.54) is 0 Å². The lowest BCUT2D eigenvalue weighted by atomic mass is 9.77. The van der Waals surface area contributed by atoms with Crippen molar-refractivity contribution in [2.24, 2.45) is 5.41 Å². The summed E-state index contributed by atoms with van der Waals surface area (Å²) >= 11 is 0. The molecule has 0 radical (unpaired) electrons. The molecule has 0 spiro atoms. The third kappa shape index (κ3) is 2.93. The van der Waals surface area contributed by atoms with E-state index in [4.69, 9.17) is 4.74 Å². The Kier molecular flexibility index (Phi) is 3.69. The van der Waals surface area contributed by atoms with Crippen molar-refractivity contribution in [3.05, 3.63) is 23.9 Å². The van der Waals surface area contributed by atoms with Gasteiger partial charge in [-0.3, -0.25) is 0 Å². The first kappa shape index (κ1) is 12.0. The van der Waals surface area contributed by atoms with Crippen molar-refractivity contribution in [1.82, 2.24) is 4.98 Å². The van der Waals surface area contributed by atoms with Gasteiger partial charge in [0.25, 0.3) is 0 Å². The second-order valence-corrected chi connectivity index (χ2v) is 4.74. The maximum Gasteiger partial charge on any atom is 0.212 e. The van der Waals surface area contributed by atoms with Crippen molar-refractivity contribution >= 4 is 0 Å². The van der Waals surface area contributed by atoms with Crippen LogP contribution in [0.15, 0.2) is 18.3 Å². The molecule has 1 rings (SSSR count). The Labute approximate surface area is 91.1 Å². The molecule has 0 saturated heterocycles. The minimum atomic E-state index is 0.0328. The number of aliphatic hydroxyl groups is 1. The van der Waals surface area contributed by atoms with Crippen LogP contribution in [0.3, 0.4) is 0 Å². The largest absolute Gasteiger partial charge is 0.481 e. The molecule has 1 N–H and O–H groups in total. The molecule has 1 aromatic rings. The van der Waals surface area contributed by atoms with E-state index >= 15 is 0 Å². The zero-order valence-corrected chi connectivity index (χ0v) is 9.82. The maximum absolute atomic E-state index is 9.38. The van der Waals surface area contributed by atoms with Crippen molar-refractivity contribution in [3.8, 4) is 5.88 Å². The summed E-state index contributed by atoms with van der Waals surface area (Å²) in [6.07, 6.45) is 1.77. The zero-order chi connectivity index (χ0) is 11.5. The van der Waals surface area contributed by atoms with Gasteiger partial charge in [-0.1, -0.05) is 26.8 Å². The van der Waals surface area contributed by atoms with Crippen LogP contribution in [0.5, 0.6) is 5.88 Å². The Hall–Kier alpha value is -1.09. The summed E-state index contributed by atoms with van der Waals surface area (Å²) in [4.78, 5) is 4.15. The molecule has 0 aliphatic heterocycles. The van der Waals surface area contributed by atoms with Crippen LogP contribution in [0, 0.1) is 5.41 Å². The molecule has 84 valence electrons. The molecular weight excluding hydrogens is 190 g/mol. The number of nitrogens with zero attached hydrogens (tertiary/aromatic N) is 1. The summed E-state index contributed by atoms with van der Waals surface area (Å²) in [6, 6.07) is 3.78. The molecule has 1 atom stereocenters. The van der Waals surface area contributed by atoms with E-state index in [-0.39, 0.29) is 17.9 Å². The van der Waals surface area contributed by atoms with E-state index in [0.717, 1.165) is 5.56 Å². The number of pyridine rings is 1. The smallest absolute Gasteiger partial charge is 0.212 e. The summed E-state index contributed by atoms with van der Waals surface area (Å²) < 4.78 is 4.99. The van der Waals surface area contributed by atoms with Crippen LogP contribution in [0.1, 0.15) is 32.3 Å². The Morgan fingerprint density at radius 1 is 1.40 bits per heavy atom. The Morgan fingerprint density at radius 2 is 2.07 bits per heavy atom. The van der Waals surface area contributed by atoms with E-state index in [1.54, 1.807) is 13.3 Å². The van der Waals surface area contributed by atoms with E-state index in [0.29, 0.717) is 5.88 Å². The average Bonchev–Trinajstić information content (AvgIpc) is 2.18. The van der Waals surface area contributed by atoms with Gasteiger partial charge >= 0.3 is 0 Å². The number of hydrogen-bond acceptors (Lipinski definition) is 3. The molecule has 0 aromatic carbocycles. The van der Waals surface area contributed by atoms with Gasteiger partial charge in [0.05, 0.1) is 13.7 Å². The zero-order valence-electron chi connectivity index (χ0n) is 9.82. The van der Waals surface area contributed by atoms with Crippen LogP contribution >= 0.6 is 0 Å². The molecule has 0 aliphatic rings. The van der Waals surface area contributed by atoms with Crippen molar-refractivity contribution in [2.45, 2.75) is 26.7 Å². The summed E-state index contributed by atoms with van der Waals surface area (Å²) in [5.74, 6) is 0.709. The van der Waals surface area contributed by atoms with Gasteiger partial charge in [0.2, 0.25) is 5.88 Å².